The highest BCUT2D eigenvalue weighted by molar-refractivity contribution is 7.82. The molecule has 1 atom stereocenters. The standard InChI is InChI=1S/C26H28N4O2S/c1-29(2)17-19-7-9-20(10-8-19)21-11-13-23(14-12-21)33(32)30-16-15-22(18-30)26(31)28-25-6-4-3-5-24(25)27/h3-15H,16-18,27H2,1-2H3,(H,28,31). The van der Waals surface area contributed by atoms with Crippen LogP contribution in [0, 0.1) is 0 Å². The van der Waals surface area contributed by atoms with E-state index in [-0.39, 0.29) is 5.91 Å². The Hall–Kier alpha value is -3.26. The molecule has 1 heterocycles. The van der Waals surface area contributed by atoms with E-state index in [0.717, 1.165) is 17.7 Å². The fraction of sp³-hybridized carbons (Fsp3) is 0.192. The summed E-state index contributed by atoms with van der Waals surface area (Å²) in [7, 11) is 2.75. The lowest BCUT2D eigenvalue weighted by Gasteiger charge is -2.15. The van der Waals surface area contributed by atoms with E-state index in [1.165, 1.54) is 5.56 Å². The Morgan fingerprint density at radius 1 is 1.00 bits per heavy atom. The molecule has 1 unspecified atom stereocenters. The molecule has 3 aromatic rings. The van der Waals surface area contributed by atoms with Crippen molar-refractivity contribution in [3.05, 3.63) is 90.0 Å². The highest BCUT2D eigenvalue weighted by atomic mass is 32.2. The molecule has 4 rings (SSSR count). The molecule has 170 valence electrons. The zero-order chi connectivity index (χ0) is 23.4. The fourth-order valence-electron chi connectivity index (χ4n) is 3.72. The van der Waals surface area contributed by atoms with Crippen LogP contribution in [0.4, 0.5) is 11.4 Å². The van der Waals surface area contributed by atoms with Crippen LogP contribution in [0.15, 0.2) is 89.3 Å². The largest absolute Gasteiger partial charge is 0.397 e. The third-order valence-electron chi connectivity index (χ3n) is 5.47. The van der Waals surface area contributed by atoms with Crippen molar-refractivity contribution in [2.24, 2.45) is 0 Å². The molecule has 3 N–H and O–H groups in total. The van der Waals surface area contributed by atoms with Crippen molar-refractivity contribution in [3.8, 4) is 11.1 Å². The molecule has 6 nitrogen and oxygen atoms in total. The van der Waals surface area contributed by atoms with Crippen LogP contribution in [-0.2, 0) is 22.3 Å². The summed E-state index contributed by atoms with van der Waals surface area (Å²) in [5.74, 6) is -0.222. The van der Waals surface area contributed by atoms with Crippen LogP contribution in [0.25, 0.3) is 11.1 Å². The van der Waals surface area contributed by atoms with Gasteiger partial charge in [0.15, 0.2) is 0 Å². The second kappa shape index (κ2) is 10.1. The van der Waals surface area contributed by atoms with Crippen LogP contribution in [0.1, 0.15) is 5.56 Å². The first kappa shape index (κ1) is 22.9. The number of rotatable bonds is 7. The molecule has 0 radical (unpaired) electrons. The van der Waals surface area contributed by atoms with Gasteiger partial charge in [0.05, 0.1) is 16.3 Å². The summed E-state index contributed by atoms with van der Waals surface area (Å²) in [6, 6.07) is 23.4. The van der Waals surface area contributed by atoms with Crippen LogP contribution >= 0.6 is 0 Å². The first-order valence-corrected chi connectivity index (χ1v) is 11.9. The van der Waals surface area contributed by atoms with E-state index in [9.17, 15) is 9.00 Å². The van der Waals surface area contributed by atoms with Gasteiger partial charge in [0, 0.05) is 25.2 Å². The van der Waals surface area contributed by atoms with E-state index in [1.807, 2.05) is 42.5 Å². The molecule has 0 fully saturated rings. The molecule has 1 aliphatic rings. The smallest absolute Gasteiger partial charge is 0.252 e. The second-order valence-electron chi connectivity index (χ2n) is 8.30. The fourth-order valence-corrected chi connectivity index (χ4v) is 4.85. The minimum Gasteiger partial charge on any atom is -0.397 e. The Morgan fingerprint density at radius 3 is 2.27 bits per heavy atom. The van der Waals surface area contributed by atoms with Crippen molar-refractivity contribution in [2.75, 3.05) is 38.2 Å². The molecular weight excluding hydrogens is 432 g/mol. The summed E-state index contributed by atoms with van der Waals surface area (Å²) in [6.07, 6.45) is 1.82. The molecular formula is C26H28N4O2S. The molecule has 0 aliphatic carbocycles. The predicted octanol–water partition coefficient (Wildman–Crippen LogP) is 3.90. The van der Waals surface area contributed by atoms with Crippen LogP contribution in [0.5, 0.6) is 0 Å². The van der Waals surface area contributed by atoms with Crippen molar-refractivity contribution in [3.63, 3.8) is 0 Å². The van der Waals surface area contributed by atoms with Crippen LogP contribution in [0.2, 0.25) is 0 Å². The van der Waals surface area contributed by atoms with Crippen molar-refractivity contribution in [2.45, 2.75) is 11.4 Å². The number of nitrogen functional groups attached to an aromatic ring is 1. The quantitative estimate of drug-likeness (QED) is 0.524. The predicted molar refractivity (Wildman–Crippen MR) is 135 cm³/mol. The van der Waals surface area contributed by atoms with Gasteiger partial charge in [0.1, 0.15) is 11.0 Å². The lowest BCUT2D eigenvalue weighted by atomic mass is 10.0. The first-order valence-electron chi connectivity index (χ1n) is 10.8. The average Bonchev–Trinajstić information content (AvgIpc) is 3.31. The number of carbonyl (C=O) groups excluding carboxylic acids is 1. The van der Waals surface area contributed by atoms with Gasteiger partial charge >= 0.3 is 0 Å². The highest BCUT2D eigenvalue weighted by Crippen LogP contribution is 2.24. The van der Waals surface area contributed by atoms with E-state index in [0.29, 0.717) is 34.9 Å². The summed E-state index contributed by atoms with van der Waals surface area (Å²) in [4.78, 5) is 15.4. The van der Waals surface area contributed by atoms with E-state index < -0.39 is 11.0 Å². The second-order valence-corrected chi connectivity index (χ2v) is 9.79. The van der Waals surface area contributed by atoms with Crippen molar-refractivity contribution < 1.29 is 9.00 Å². The molecule has 0 aromatic heterocycles. The third kappa shape index (κ3) is 5.57. The van der Waals surface area contributed by atoms with E-state index >= 15 is 0 Å². The zero-order valence-corrected chi connectivity index (χ0v) is 19.6. The molecule has 0 saturated heterocycles. The summed E-state index contributed by atoms with van der Waals surface area (Å²) in [5.41, 5.74) is 11.0. The number of amides is 1. The number of hydrogen-bond acceptors (Lipinski definition) is 4. The normalized spacial score (nSPS) is 14.8. The third-order valence-corrected chi connectivity index (χ3v) is 6.89. The average molecular weight is 461 g/mol. The first-order chi connectivity index (χ1) is 15.9. The van der Waals surface area contributed by atoms with Gasteiger partial charge in [-0.2, -0.15) is 0 Å². The number of benzene rings is 3. The van der Waals surface area contributed by atoms with Gasteiger partial charge in [-0.05, 0) is 55.1 Å². The highest BCUT2D eigenvalue weighted by Gasteiger charge is 2.25. The van der Waals surface area contributed by atoms with Crippen LogP contribution in [-0.4, -0.2) is 46.5 Å². The number of carbonyl (C=O) groups is 1. The Balaban J connectivity index is 1.37. The van der Waals surface area contributed by atoms with Crippen molar-refractivity contribution in [1.82, 2.24) is 9.21 Å². The van der Waals surface area contributed by atoms with Gasteiger partial charge in [-0.1, -0.05) is 54.6 Å². The molecule has 33 heavy (non-hydrogen) atoms. The Kier molecular flexibility index (Phi) is 7.03. The molecule has 0 saturated carbocycles. The number of nitrogens with one attached hydrogen (secondary N) is 1. The monoisotopic (exact) mass is 460 g/mol. The number of hydrogen-bond donors (Lipinski definition) is 2. The summed E-state index contributed by atoms with van der Waals surface area (Å²) in [5, 5.41) is 2.83. The molecule has 1 amide bonds. The van der Waals surface area contributed by atoms with Crippen molar-refractivity contribution in [1.29, 1.82) is 0 Å². The Bertz CT molecular complexity index is 1190. The maximum Gasteiger partial charge on any atom is 0.252 e. The topological polar surface area (TPSA) is 78.7 Å². The number of para-hydroxylation sites is 2. The van der Waals surface area contributed by atoms with Crippen LogP contribution in [0.3, 0.4) is 0 Å². The summed E-state index contributed by atoms with van der Waals surface area (Å²) in [6.45, 7) is 1.68. The van der Waals surface area contributed by atoms with Gasteiger partial charge < -0.3 is 16.0 Å². The minimum absolute atomic E-state index is 0.222. The SMILES string of the molecule is CN(C)Cc1ccc(-c2ccc(S(=O)N3CC=C(C(=O)Nc4ccccc4N)C3)cc2)cc1. The Labute approximate surface area is 197 Å². The number of nitrogens with zero attached hydrogens (tertiary/aromatic N) is 2. The summed E-state index contributed by atoms with van der Waals surface area (Å²) < 4.78 is 14.8. The lowest BCUT2D eigenvalue weighted by molar-refractivity contribution is -0.112. The van der Waals surface area contributed by atoms with Crippen LogP contribution < -0.4 is 11.1 Å². The minimum atomic E-state index is -1.35. The zero-order valence-electron chi connectivity index (χ0n) is 18.8. The van der Waals surface area contributed by atoms with Crippen molar-refractivity contribution >= 4 is 28.3 Å². The van der Waals surface area contributed by atoms with E-state index in [4.69, 9.17) is 5.73 Å². The van der Waals surface area contributed by atoms with E-state index in [2.05, 4.69) is 48.6 Å². The van der Waals surface area contributed by atoms with E-state index in [1.54, 1.807) is 16.4 Å². The van der Waals surface area contributed by atoms with Gasteiger partial charge in [-0.3, -0.25) is 4.79 Å². The maximum absolute atomic E-state index is 13.1. The molecule has 0 bridgehead atoms. The van der Waals surface area contributed by atoms with Gasteiger partial charge in [0.25, 0.3) is 5.91 Å². The number of nitrogens with two attached hydrogens (primary N) is 1. The van der Waals surface area contributed by atoms with Gasteiger partial charge in [-0.25, -0.2) is 8.51 Å². The Morgan fingerprint density at radius 2 is 1.64 bits per heavy atom. The number of anilines is 2. The lowest BCUT2D eigenvalue weighted by Crippen LogP contribution is -2.26. The molecule has 0 spiro atoms. The summed E-state index contributed by atoms with van der Waals surface area (Å²) >= 11 is 0. The van der Waals surface area contributed by atoms with Gasteiger partial charge in [-0.15, -0.1) is 0 Å². The van der Waals surface area contributed by atoms with Gasteiger partial charge in [0.2, 0.25) is 0 Å². The maximum atomic E-state index is 13.1. The molecule has 3 aromatic carbocycles. The molecule has 7 heteroatoms. The molecule has 1 aliphatic heterocycles.